The first-order valence-corrected chi connectivity index (χ1v) is 10.1. The number of hydrogen-bond acceptors (Lipinski definition) is 4. The van der Waals surface area contributed by atoms with Gasteiger partial charge in [-0.15, -0.1) is 0 Å². The predicted octanol–water partition coefficient (Wildman–Crippen LogP) is 3.64. The van der Waals surface area contributed by atoms with E-state index in [1.165, 1.54) is 4.90 Å². The van der Waals surface area contributed by atoms with Crippen LogP contribution in [0.5, 0.6) is 0 Å². The summed E-state index contributed by atoms with van der Waals surface area (Å²) in [5, 5.41) is 9.63. The van der Waals surface area contributed by atoms with E-state index in [0.29, 0.717) is 25.9 Å². The van der Waals surface area contributed by atoms with Crippen LogP contribution in [0.2, 0.25) is 0 Å². The van der Waals surface area contributed by atoms with Crippen molar-refractivity contribution in [1.29, 1.82) is 0 Å². The molecule has 0 saturated carbocycles. The fraction of sp³-hybridized carbons (Fsp3) is 0.391. The average Bonchev–Trinajstić information content (AvgIpc) is 3.34. The number of carbonyl (C=O) groups excluding carboxylic acids is 1. The van der Waals surface area contributed by atoms with Gasteiger partial charge in [0.15, 0.2) is 0 Å². The van der Waals surface area contributed by atoms with Gasteiger partial charge in [0.1, 0.15) is 12.6 Å². The summed E-state index contributed by atoms with van der Waals surface area (Å²) in [5.74, 6) is -1.03. The van der Waals surface area contributed by atoms with Gasteiger partial charge in [0.05, 0.1) is 12.1 Å². The number of amides is 1. The minimum Gasteiger partial charge on any atom is -0.480 e. The van der Waals surface area contributed by atoms with E-state index in [1.54, 1.807) is 0 Å². The van der Waals surface area contributed by atoms with Crippen molar-refractivity contribution >= 4 is 12.1 Å². The highest BCUT2D eigenvalue weighted by molar-refractivity contribution is 5.81. The first-order chi connectivity index (χ1) is 14.1. The van der Waals surface area contributed by atoms with Crippen LogP contribution < -0.4 is 0 Å². The molecule has 3 atom stereocenters. The van der Waals surface area contributed by atoms with Gasteiger partial charge in [-0.1, -0.05) is 48.5 Å². The minimum absolute atomic E-state index is 0.0463. The van der Waals surface area contributed by atoms with Crippen LogP contribution in [-0.4, -0.2) is 53.5 Å². The van der Waals surface area contributed by atoms with E-state index in [-0.39, 0.29) is 24.7 Å². The van der Waals surface area contributed by atoms with Crippen LogP contribution in [0.1, 0.15) is 36.3 Å². The van der Waals surface area contributed by atoms with Crippen molar-refractivity contribution in [2.24, 2.45) is 0 Å². The molecule has 0 unspecified atom stereocenters. The number of carbonyl (C=O) groups is 2. The lowest BCUT2D eigenvalue weighted by atomic mass is 9.93. The summed E-state index contributed by atoms with van der Waals surface area (Å²) in [6, 6.07) is 15.2. The molecule has 29 heavy (non-hydrogen) atoms. The Kier molecular flexibility index (Phi) is 4.51. The molecule has 5 rings (SSSR count). The molecule has 1 amide bonds. The van der Waals surface area contributed by atoms with Gasteiger partial charge in [-0.2, -0.15) is 0 Å². The predicted molar refractivity (Wildman–Crippen MR) is 106 cm³/mol. The smallest absolute Gasteiger partial charge is 0.410 e. The minimum atomic E-state index is -0.983. The lowest BCUT2D eigenvalue weighted by molar-refractivity contribution is -0.146. The normalized spacial score (nSPS) is 25.2. The molecule has 1 N–H and O–H groups in total. The molecule has 2 aliphatic heterocycles. The number of nitrogens with zero attached hydrogens (tertiary/aromatic N) is 1. The molecule has 0 aromatic heterocycles. The van der Waals surface area contributed by atoms with Crippen molar-refractivity contribution in [3.05, 3.63) is 59.7 Å². The van der Waals surface area contributed by atoms with Crippen molar-refractivity contribution in [2.45, 2.75) is 43.4 Å². The van der Waals surface area contributed by atoms with Crippen LogP contribution in [0.15, 0.2) is 48.5 Å². The van der Waals surface area contributed by atoms with Crippen molar-refractivity contribution in [1.82, 2.24) is 4.90 Å². The number of hydrogen-bond donors (Lipinski definition) is 1. The zero-order valence-electron chi connectivity index (χ0n) is 16.0. The SMILES string of the molecule is O=C(O)[C@@H]1CC[C@@H]2OCC[C@@H]2N1C(=O)OCC1c2ccccc2-c2ccccc21. The Morgan fingerprint density at radius 3 is 2.31 bits per heavy atom. The van der Waals surface area contributed by atoms with E-state index >= 15 is 0 Å². The summed E-state index contributed by atoms with van der Waals surface area (Å²) >= 11 is 0. The number of carboxylic acids is 1. The highest BCUT2D eigenvalue weighted by atomic mass is 16.6. The number of likely N-dealkylation sites (tertiary alicyclic amines) is 1. The lowest BCUT2D eigenvalue weighted by Crippen LogP contribution is -2.57. The molecule has 0 radical (unpaired) electrons. The highest BCUT2D eigenvalue weighted by Crippen LogP contribution is 2.44. The molecule has 0 bridgehead atoms. The second kappa shape index (κ2) is 7.19. The quantitative estimate of drug-likeness (QED) is 0.862. The van der Waals surface area contributed by atoms with Gasteiger partial charge >= 0.3 is 12.1 Å². The molecule has 6 heteroatoms. The monoisotopic (exact) mass is 393 g/mol. The van der Waals surface area contributed by atoms with E-state index in [2.05, 4.69) is 24.3 Å². The number of aliphatic carboxylic acids is 1. The summed E-state index contributed by atoms with van der Waals surface area (Å²) < 4.78 is 11.4. The third-order valence-electron chi connectivity index (χ3n) is 6.42. The van der Waals surface area contributed by atoms with Crippen LogP contribution >= 0.6 is 0 Å². The van der Waals surface area contributed by atoms with Gasteiger partial charge in [-0.3, -0.25) is 4.90 Å². The standard InChI is InChI=1S/C23H23NO5/c25-22(26)20-9-10-21-19(11-12-28-21)24(20)23(27)29-13-18-16-7-3-1-5-14(16)15-6-2-4-8-17(15)18/h1-8,18-21H,9-13H2,(H,25,26)/t19-,20-,21-/m0/s1. The third-order valence-corrected chi connectivity index (χ3v) is 6.42. The van der Waals surface area contributed by atoms with Crippen LogP contribution in [0.3, 0.4) is 0 Å². The third kappa shape index (κ3) is 2.99. The van der Waals surface area contributed by atoms with E-state index in [1.807, 2.05) is 24.3 Å². The Hall–Kier alpha value is -2.86. The second-order valence-corrected chi connectivity index (χ2v) is 7.91. The second-order valence-electron chi connectivity index (χ2n) is 7.91. The zero-order valence-corrected chi connectivity index (χ0v) is 16.0. The van der Waals surface area contributed by atoms with E-state index in [0.717, 1.165) is 22.3 Å². The first kappa shape index (κ1) is 18.2. The summed E-state index contributed by atoms with van der Waals surface area (Å²) in [6.45, 7) is 0.739. The first-order valence-electron chi connectivity index (χ1n) is 10.1. The molecule has 1 aliphatic carbocycles. The maximum Gasteiger partial charge on any atom is 0.410 e. The van der Waals surface area contributed by atoms with Crippen LogP contribution in [0.4, 0.5) is 4.79 Å². The molecule has 2 heterocycles. The molecule has 2 saturated heterocycles. The number of carboxylic acid groups (broad SMARTS) is 1. The zero-order chi connectivity index (χ0) is 20.0. The Balaban J connectivity index is 1.38. The fourth-order valence-electron chi connectivity index (χ4n) is 5.10. The molecule has 0 spiro atoms. The van der Waals surface area contributed by atoms with Crippen molar-refractivity contribution in [2.75, 3.05) is 13.2 Å². The number of benzene rings is 2. The van der Waals surface area contributed by atoms with Gasteiger partial charge < -0.3 is 14.6 Å². The Bertz CT molecular complexity index is 912. The topological polar surface area (TPSA) is 76.1 Å². The van der Waals surface area contributed by atoms with E-state index < -0.39 is 18.1 Å². The molecular formula is C23H23NO5. The molecule has 2 aromatic carbocycles. The average molecular weight is 393 g/mol. The van der Waals surface area contributed by atoms with Gasteiger partial charge in [0.25, 0.3) is 0 Å². The van der Waals surface area contributed by atoms with E-state index in [4.69, 9.17) is 9.47 Å². The summed E-state index contributed by atoms with van der Waals surface area (Å²) in [6.07, 6.45) is 1.05. The maximum atomic E-state index is 13.0. The lowest BCUT2D eigenvalue weighted by Gasteiger charge is -2.40. The number of rotatable bonds is 3. The van der Waals surface area contributed by atoms with Gasteiger partial charge in [0.2, 0.25) is 0 Å². The van der Waals surface area contributed by atoms with E-state index in [9.17, 15) is 14.7 Å². The highest BCUT2D eigenvalue weighted by Gasteiger charge is 2.47. The van der Waals surface area contributed by atoms with Crippen LogP contribution in [0.25, 0.3) is 11.1 Å². The fourth-order valence-corrected chi connectivity index (χ4v) is 5.10. The largest absolute Gasteiger partial charge is 0.480 e. The molecule has 150 valence electrons. The molecule has 6 nitrogen and oxygen atoms in total. The van der Waals surface area contributed by atoms with Crippen molar-refractivity contribution < 1.29 is 24.2 Å². The maximum absolute atomic E-state index is 13.0. The van der Waals surface area contributed by atoms with Crippen LogP contribution in [0, 0.1) is 0 Å². The molecule has 2 aromatic rings. The Labute approximate surface area is 169 Å². The molecular weight excluding hydrogens is 370 g/mol. The van der Waals surface area contributed by atoms with Gasteiger partial charge in [-0.05, 0) is 41.5 Å². The van der Waals surface area contributed by atoms with Gasteiger partial charge in [0, 0.05) is 12.5 Å². The summed E-state index contributed by atoms with van der Waals surface area (Å²) in [7, 11) is 0. The van der Waals surface area contributed by atoms with Crippen molar-refractivity contribution in [3.63, 3.8) is 0 Å². The number of ether oxygens (including phenoxy) is 2. The van der Waals surface area contributed by atoms with Crippen molar-refractivity contribution in [3.8, 4) is 11.1 Å². The van der Waals surface area contributed by atoms with Crippen LogP contribution in [-0.2, 0) is 14.3 Å². The molecule has 2 fully saturated rings. The summed E-state index contributed by atoms with van der Waals surface area (Å²) in [4.78, 5) is 26.2. The Morgan fingerprint density at radius 1 is 1.00 bits per heavy atom. The Morgan fingerprint density at radius 2 is 1.66 bits per heavy atom. The van der Waals surface area contributed by atoms with Gasteiger partial charge in [-0.25, -0.2) is 9.59 Å². The summed E-state index contributed by atoms with van der Waals surface area (Å²) in [5.41, 5.74) is 4.60. The molecule has 3 aliphatic rings. The number of fused-ring (bicyclic) bond motifs is 4. The number of piperidine rings is 1.